The smallest absolute Gasteiger partial charge is 0.0636 e. The number of aliphatic hydroxyl groups is 1. The van der Waals surface area contributed by atoms with Gasteiger partial charge in [0.25, 0.3) is 0 Å². The van der Waals surface area contributed by atoms with E-state index in [1.807, 2.05) is 0 Å². The molecule has 0 aliphatic carbocycles. The Balaban J connectivity index is 2.30. The Morgan fingerprint density at radius 2 is 2.42 bits per heavy atom. The molecule has 3 heteroatoms. The van der Waals surface area contributed by atoms with Crippen LogP contribution < -0.4 is 5.32 Å². The number of halogens is 1. The summed E-state index contributed by atoms with van der Waals surface area (Å²) < 4.78 is 1.23. The topological polar surface area (TPSA) is 32.3 Å². The first kappa shape index (κ1) is 8.31. The zero-order valence-corrected chi connectivity index (χ0v) is 8.71. The van der Waals surface area contributed by atoms with Gasteiger partial charge in [0, 0.05) is 9.26 Å². The molecule has 2 nitrogen and oxygen atoms in total. The molecule has 2 N–H and O–H groups in total. The molecular weight excluding hydrogens is 265 g/mol. The Morgan fingerprint density at radius 1 is 1.58 bits per heavy atom. The van der Waals surface area contributed by atoms with Crippen LogP contribution in [-0.4, -0.2) is 17.8 Å². The van der Waals surface area contributed by atoms with Crippen LogP contribution in [-0.2, 0) is 6.42 Å². The van der Waals surface area contributed by atoms with Crippen LogP contribution in [0, 0.1) is 3.57 Å². The zero-order valence-electron chi connectivity index (χ0n) is 6.55. The molecule has 0 saturated heterocycles. The van der Waals surface area contributed by atoms with Crippen molar-refractivity contribution >= 4 is 28.3 Å². The first-order valence-electron chi connectivity index (χ1n) is 3.95. The summed E-state index contributed by atoms with van der Waals surface area (Å²) in [5.74, 6) is 0. The van der Waals surface area contributed by atoms with Crippen LogP contribution in [0.2, 0.25) is 0 Å². The van der Waals surface area contributed by atoms with Crippen molar-refractivity contribution in [3.63, 3.8) is 0 Å². The largest absolute Gasteiger partial charge is 0.394 e. The second-order valence-corrected chi connectivity index (χ2v) is 4.28. The summed E-state index contributed by atoms with van der Waals surface area (Å²) >= 11 is 2.29. The Kier molecular flexibility index (Phi) is 2.23. The van der Waals surface area contributed by atoms with Crippen molar-refractivity contribution in [2.45, 2.75) is 12.5 Å². The third-order valence-corrected chi connectivity index (χ3v) is 2.79. The maximum absolute atomic E-state index is 8.94. The normalized spacial score (nSPS) is 20.3. The fourth-order valence-electron chi connectivity index (χ4n) is 1.51. The standard InChI is InChI=1S/C9H10INO/c10-7-2-1-6-3-8(5-12)11-9(6)4-7/h1-2,4,8,11-12H,3,5H2/t8-/m1/s1. The van der Waals surface area contributed by atoms with Gasteiger partial charge in [0.15, 0.2) is 0 Å². The first-order valence-corrected chi connectivity index (χ1v) is 5.03. The van der Waals surface area contributed by atoms with Gasteiger partial charge in [-0.2, -0.15) is 0 Å². The molecule has 1 aliphatic rings. The minimum atomic E-state index is 0.214. The molecule has 2 rings (SSSR count). The number of fused-ring (bicyclic) bond motifs is 1. The van der Waals surface area contributed by atoms with E-state index in [-0.39, 0.29) is 12.6 Å². The summed E-state index contributed by atoms with van der Waals surface area (Å²) in [5.41, 5.74) is 2.50. The summed E-state index contributed by atoms with van der Waals surface area (Å²) in [5, 5.41) is 12.2. The fourth-order valence-corrected chi connectivity index (χ4v) is 2.00. The Morgan fingerprint density at radius 3 is 3.17 bits per heavy atom. The maximum atomic E-state index is 8.94. The van der Waals surface area contributed by atoms with Gasteiger partial charge in [-0.05, 0) is 46.7 Å². The van der Waals surface area contributed by atoms with E-state index < -0.39 is 0 Å². The number of hydrogen-bond acceptors (Lipinski definition) is 2. The van der Waals surface area contributed by atoms with Gasteiger partial charge in [0.1, 0.15) is 0 Å². The van der Waals surface area contributed by atoms with Crippen molar-refractivity contribution in [2.75, 3.05) is 11.9 Å². The molecule has 0 aromatic heterocycles. The number of rotatable bonds is 1. The molecule has 1 aliphatic heterocycles. The molecular formula is C9H10INO. The highest BCUT2D eigenvalue weighted by molar-refractivity contribution is 14.1. The minimum Gasteiger partial charge on any atom is -0.394 e. The lowest BCUT2D eigenvalue weighted by molar-refractivity contribution is 0.277. The lowest BCUT2D eigenvalue weighted by atomic mass is 10.1. The van der Waals surface area contributed by atoms with Gasteiger partial charge in [-0.25, -0.2) is 0 Å². The summed E-state index contributed by atoms with van der Waals surface area (Å²) in [4.78, 5) is 0. The van der Waals surface area contributed by atoms with E-state index in [0.717, 1.165) is 6.42 Å². The molecule has 1 heterocycles. The number of anilines is 1. The lowest BCUT2D eigenvalue weighted by Crippen LogP contribution is -2.19. The number of benzene rings is 1. The van der Waals surface area contributed by atoms with E-state index in [9.17, 15) is 0 Å². The van der Waals surface area contributed by atoms with E-state index in [0.29, 0.717) is 0 Å². The molecule has 0 radical (unpaired) electrons. The van der Waals surface area contributed by atoms with Crippen molar-refractivity contribution < 1.29 is 5.11 Å². The third kappa shape index (κ3) is 1.43. The van der Waals surface area contributed by atoms with Crippen LogP contribution in [0.15, 0.2) is 18.2 Å². The molecule has 1 aromatic rings. The predicted molar refractivity (Wildman–Crippen MR) is 57.4 cm³/mol. The van der Waals surface area contributed by atoms with Crippen LogP contribution in [0.3, 0.4) is 0 Å². The van der Waals surface area contributed by atoms with Gasteiger partial charge >= 0.3 is 0 Å². The second kappa shape index (κ2) is 3.22. The Hall–Kier alpha value is -0.290. The number of nitrogens with one attached hydrogen (secondary N) is 1. The highest BCUT2D eigenvalue weighted by Gasteiger charge is 2.18. The molecule has 0 saturated carbocycles. The van der Waals surface area contributed by atoms with Crippen LogP contribution >= 0.6 is 22.6 Å². The SMILES string of the molecule is OC[C@H]1Cc2ccc(I)cc2N1. The monoisotopic (exact) mass is 275 g/mol. The van der Waals surface area contributed by atoms with Crippen molar-refractivity contribution in [3.05, 3.63) is 27.3 Å². The molecule has 1 aromatic carbocycles. The minimum absolute atomic E-state index is 0.214. The zero-order chi connectivity index (χ0) is 8.55. The van der Waals surface area contributed by atoms with Crippen LogP contribution in [0.25, 0.3) is 0 Å². The summed E-state index contributed by atoms with van der Waals surface area (Å²) in [6, 6.07) is 6.56. The van der Waals surface area contributed by atoms with E-state index >= 15 is 0 Å². The number of aliphatic hydroxyl groups excluding tert-OH is 1. The van der Waals surface area contributed by atoms with Gasteiger partial charge in [-0.15, -0.1) is 0 Å². The summed E-state index contributed by atoms with van der Waals surface area (Å²) in [6.45, 7) is 0.214. The van der Waals surface area contributed by atoms with Crippen molar-refractivity contribution in [1.29, 1.82) is 0 Å². The van der Waals surface area contributed by atoms with Crippen molar-refractivity contribution in [3.8, 4) is 0 Å². The third-order valence-electron chi connectivity index (χ3n) is 2.12. The van der Waals surface area contributed by atoms with Crippen LogP contribution in [0.1, 0.15) is 5.56 Å². The van der Waals surface area contributed by atoms with Gasteiger partial charge in [-0.3, -0.25) is 0 Å². The molecule has 12 heavy (non-hydrogen) atoms. The van der Waals surface area contributed by atoms with Gasteiger partial charge < -0.3 is 10.4 Å². The molecule has 0 bridgehead atoms. The lowest BCUT2D eigenvalue weighted by Gasteiger charge is -2.05. The van der Waals surface area contributed by atoms with Crippen molar-refractivity contribution in [2.24, 2.45) is 0 Å². The Bertz CT molecular complexity index is 301. The van der Waals surface area contributed by atoms with Gasteiger partial charge in [0.05, 0.1) is 12.6 Å². The van der Waals surface area contributed by atoms with Crippen LogP contribution in [0.5, 0.6) is 0 Å². The van der Waals surface area contributed by atoms with Gasteiger partial charge in [-0.1, -0.05) is 6.07 Å². The molecule has 0 unspecified atom stereocenters. The van der Waals surface area contributed by atoms with E-state index in [4.69, 9.17) is 5.11 Å². The predicted octanol–water partition coefficient (Wildman–Crippen LogP) is 1.62. The molecule has 0 spiro atoms. The molecule has 1 atom stereocenters. The van der Waals surface area contributed by atoms with E-state index in [1.165, 1.54) is 14.8 Å². The highest BCUT2D eigenvalue weighted by atomic mass is 127. The second-order valence-electron chi connectivity index (χ2n) is 3.03. The molecule has 0 fully saturated rings. The van der Waals surface area contributed by atoms with Crippen molar-refractivity contribution in [1.82, 2.24) is 0 Å². The molecule has 64 valence electrons. The quantitative estimate of drug-likeness (QED) is 0.763. The Labute approximate surface area is 85.1 Å². The summed E-state index contributed by atoms with van der Waals surface area (Å²) in [7, 11) is 0. The van der Waals surface area contributed by atoms with E-state index in [1.54, 1.807) is 0 Å². The number of hydrogen-bond donors (Lipinski definition) is 2. The highest BCUT2D eigenvalue weighted by Crippen LogP contribution is 2.26. The average Bonchev–Trinajstić information content (AvgIpc) is 2.46. The maximum Gasteiger partial charge on any atom is 0.0636 e. The molecule has 0 amide bonds. The summed E-state index contributed by atoms with van der Waals surface area (Å²) in [6.07, 6.45) is 0.947. The average molecular weight is 275 g/mol. The first-order chi connectivity index (χ1) is 5.79. The van der Waals surface area contributed by atoms with E-state index in [2.05, 4.69) is 46.1 Å². The van der Waals surface area contributed by atoms with Crippen LogP contribution in [0.4, 0.5) is 5.69 Å². The van der Waals surface area contributed by atoms with Gasteiger partial charge in [0.2, 0.25) is 0 Å². The fraction of sp³-hybridized carbons (Fsp3) is 0.333.